The number of benzene rings is 3. The Morgan fingerprint density at radius 1 is 0.899 bits per heavy atom. The summed E-state index contributed by atoms with van der Waals surface area (Å²) in [6, 6.07) is 13.2. The van der Waals surface area contributed by atoms with E-state index < -0.39 is 71.0 Å². The van der Waals surface area contributed by atoms with Gasteiger partial charge in [0, 0.05) is 43.2 Å². The summed E-state index contributed by atoms with van der Waals surface area (Å²) >= 11 is 0. The zero-order valence-corrected chi connectivity index (χ0v) is 39.4. The molecule has 4 bridgehead atoms. The number of likely N-dealkylation sites (N-methyl/N-ethyl adjacent to an activating group) is 1. The Hall–Kier alpha value is -7.08. The maximum absolute atomic E-state index is 14.7. The Bertz CT molecular complexity index is 2580. The van der Waals surface area contributed by atoms with Crippen LogP contribution < -0.4 is 47.9 Å². The molecule has 2 heterocycles. The molecule has 20 heteroatoms. The molecule has 4 unspecified atom stereocenters. The number of nitrogens with one attached hydrogen (secondary N) is 4. The highest BCUT2D eigenvalue weighted by Gasteiger charge is 2.39. The number of nitrogens with two attached hydrogens (primary N) is 3. The van der Waals surface area contributed by atoms with Gasteiger partial charge in [0.2, 0.25) is 23.6 Å². The average Bonchev–Trinajstić information content (AvgIpc) is 3.30. The number of halogens is 3. The van der Waals surface area contributed by atoms with Crippen molar-refractivity contribution in [3.05, 3.63) is 100 Å². The SMILES string of the molecule is Cc1nc(-c2ccc(C(C)(C)C)cc2)c(C(F)(F)F)cc1C(=O)NC(CCN)C(=O)N(C)C1C(=O)NC(C)C(=O)NC(C(=O)NCC#N)Cc2ccc(OCCN)c(c2)-c2cc1ccc2OCCN. The van der Waals surface area contributed by atoms with Crippen LogP contribution in [-0.4, -0.2) is 104 Å². The Morgan fingerprint density at radius 2 is 1.52 bits per heavy atom. The third-order valence-electron chi connectivity index (χ3n) is 11.4. The molecular formula is C49H59F3N10O7. The molecule has 368 valence electrons. The molecule has 0 aliphatic carbocycles. The molecule has 10 N–H and O–H groups in total. The number of ether oxygens (including phenoxy) is 2. The topological polar surface area (TPSA) is 270 Å². The fraction of sp³-hybridized carbons (Fsp3) is 0.408. The van der Waals surface area contributed by atoms with Crippen LogP contribution in [0, 0.1) is 18.3 Å². The lowest BCUT2D eigenvalue weighted by Gasteiger charge is -2.32. The summed E-state index contributed by atoms with van der Waals surface area (Å²) in [6.07, 6.45) is -5.19. The van der Waals surface area contributed by atoms with Crippen molar-refractivity contribution in [1.82, 2.24) is 31.2 Å². The smallest absolute Gasteiger partial charge is 0.418 e. The first kappa shape index (κ1) is 52.9. The van der Waals surface area contributed by atoms with Crippen LogP contribution in [0.4, 0.5) is 13.2 Å². The number of alkyl halides is 3. The summed E-state index contributed by atoms with van der Waals surface area (Å²) in [5.74, 6) is -3.61. The zero-order chi connectivity index (χ0) is 50.8. The Balaban J connectivity index is 1.60. The van der Waals surface area contributed by atoms with Gasteiger partial charge in [-0.2, -0.15) is 18.4 Å². The predicted molar refractivity (Wildman–Crippen MR) is 251 cm³/mol. The molecule has 5 rings (SSSR count). The summed E-state index contributed by atoms with van der Waals surface area (Å²) in [7, 11) is 1.29. The summed E-state index contributed by atoms with van der Waals surface area (Å²) in [4.78, 5) is 75.7. The van der Waals surface area contributed by atoms with E-state index in [2.05, 4.69) is 26.3 Å². The van der Waals surface area contributed by atoms with Crippen LogP contribution in [0.25, 0.3) is 22.4 Å². The number of amides is 5. The van der Waals surface area contributed by atoms with Gasteiger partial charge in [-0.1, -0.05) is 57.2 Å². The maximum Gasteiger partial charge on any atom is 0.418 e. The number of pyridine rings is 1. The van der Waals surface area contributed by atoms with Crippen LogP contribution in [0.1, 0.15) is 78.5 Å². The fourth-order valence-corrected chi connectivity index (χ4v) is 7.76. The van der Waals surface area contributed by atoms with E-state index in [0.29, 0.717) is 34.3 Å². The normalized spacial score (nSPS) is 16.7. The van der Waals surface area contributed by atoms with Crippen molar-refractivity contribution in [3.63, 3.8) is 0 Å². The molecule has 1 aromatic heterocycles. The molecule has 1 aliphatic heterocycles. The minimum absolute atomic E-state index is 0.0477. The molecular weight excluding hydrogens is 898 g/mol. The monoisotopic (exact) mass is 956 g/mol. The molecule has 69 heavy (non-hydrogen) atoms. The van der Waals surface area contributed by atoms with Gasteiger partial charge < -0.3 is 52.8 Å². The number of nitriles is 1. The zero-order valence-electron chi connectivity index (χ0n) is 39.4. The first-order chi connectivity index (χ1) is 32.6. The van der Waals surface area contributed by atoms with Crippen LogP contribution in [0.15, 0.2) is 66.7 Å². The van der Waals surface area contributed by atoms with Crippen LogP contribution in [0.2, 0.25) is 0 Å². The van der Waals surface area contributed by atoms with Gasteiger partial charge in [-0.05, 0) is 79.3 Å². The standard InChI is InChI=1S/C49H59F3N10O7/c1-27-33(26-36(49(50,51)52)41(58-27)30-8-11-32(12-9-30)48(3,4)5)44(64)60-37(15-16-53)47(67)62(6)42-31-10-14-40(69-22-19-56)35(25-31)34-23-29(7-13-39(34)68-21-18-55)24-38(45(65)57-20-17-54)61-43(63)28(2)59-46(42)66/h7-14,23,25-26,28,37-38,42H,15-16,18-22,24,53,55-56H2,1-6H3,(H,57,65)(H,59,66)(H,60,64)(H,61,63). The van der Waals surface area contributed by atoms with E-state index >= 15 is 0 Å². The van der Waals surface area contributed by atoms with E-state index in [9.17, 15) is 37.1 Å². The van der Waals surface area contributed by atoms with E-state index in [-0.39, 0.29) is 80.2 Å². The van der Waals surface area contributed by atoms with Crippen molar-refractivity contribution >= 4 is 29.5 Å². The molecule has 0 saturated carbocycles. The lowest BCUT2D eigenvalue weighted by molar-refractivity contribution is -0.141. The van der Waals surface area contributed by atoms with Crippen molar-refractivity contribution in [2.45, 2.75) is 83.2 Å². The summed E-state index contributed by atoms with van der Waals surface area (Å²) < 4.78 is 56.3. The van der Waals surface area contributed by atoms with Gasteiger partial charge in [-0.25, -0.2) is 0 Å². The van der Waals surface area contributed by atoms with Gasteiger partial charge in [-0.15, -0.1) is 0 Å². The van der Waals surface area contributed by atoms with Crippen molar-refractivity contribution in [2.75, 3.05) is 46.4 Å². The number of carbonyl (C=O) groups is 5. The highest BCUT2D eigenvalue weighted by molar-refractivity contribution is 6.00. The Morgan fingerprint density at radius 3 is 2.10 bits per heavy atom. The third kappa shape index (κ3) is 12.9. The van der Waals surface area contributed by atoms with Crippen LogP contribution >= 0.6 is 0 Å². The number of aryl methyl sites for hydroxylation is 1. The molecule has 0 fully saturated rings. The third-order valence-corrected chi connectivity index (χ3v) is 11.4. The number of aromatic nitrogens is 1. The van der Waals surface area contributed by atoms with E-state index in [1.54, 1.807) is 54.6 Å². The molecule has 4 atom stereocenters. The second kappa shape index (κ2) is 22.8. The number of hydrogen-bond acceptors (Lipinski definition) is 12. The van der Waals surface area contributed by atoms with Gasteiger partial charge in [0.25, 0.3) is 5.91 Å². The Labute approximate surface area is 398 Å². The molecule has 3 aromatic carbocycles. The summed E-state index contributed by atoms with van der Waals surface area (Å²) in [6.45, 7) is 8.60. The van der Waals surface area contributed by atoms with E-state index in [1.165, 1.54) is 27.0 Å². The second-order valence-electron chi connectivity index (χ2n) is 17.5. The van der Waals surface area contributed by atoms with Gasteiger partial charge in [0.15, 0.2) is 0 Å². The summed E-state index contributed by atoms with van der Waals surface area (Å²) in [5.41, 5.74) is 17.9. The number of hydrogen-bond donors (Lipinski definition) is 7. The fourth-order valence-electron chi connectivity index (χ4n) is 7.76. The minimum Gasteiger partial charge on any atom is -0.492 e. The maximum atomic E-state index is 14.7. The molecule has 0 saturated heterocycles. The molecule has 5 amide bonds. The van der Waals surface area contributed by atoms with Gasteiger partial charge in [0.05, 0.1) is 28.6 Å². The molecule has 0 radical (unpaired) electrons. The van der Waals surface area contributed by atoms with E-state index in [1.807, 2.05) is 26.8 Å². The van der Waals surface area contributed by atoms with Gasteiger partial charge in [-0.3, -0.25) is 29.0 Å². The summed E-state index contributed by atoms with van der Waals surface area (Å²) in [5, 5.41) is 19.4. The highest BCUT2D eigenvalue weighted by Crippen LogP contribution is 2.41. The first-order valence-electron chi connectivity index (χ1n) is 22.3. The molecule has 17 nitrogen and oxygen atoms in total. The first-order valence-corrected chi connectivity index (χ1v) is 22.3. The number of fused-ring (bicyclic) bond motifs is 5. The quantitative estimate of drug-likeness (QED) is 0.0844. The van der Waals surface area contributed by atoms with Crippen molar-refractivity contribution < 1.29 is 46.6 Å². The minimum atomic E-state index is -4.93. The number of nitrogens with zero attached hydrogens (tertiary/aromatic N) is 3. The van der Waals surface area contributed by atoms with Gasteiger partial charge in [0.1, 0.15) is 55.4 Å². The predicted octanol–water partition coefficient (Wildman–Crippen LogP) is 3.55. The van der Waals surface area contributed by atoms with Crippen molar-refractivity contribution in [2.24, 2.45) is 17.2 Å². The highest BCUT2D eigenvalue weighted by atomic mass is 19.4. The van der Waals surface area contributed by atoms with Crippen LogP contribution in [-0.2, 0) is 37.2 Å². The van der Waals surface area contributed by atoms with E-state index in [4.69, 9.17) is 31.9 Å². The van der Waals surface area contributed by atoms with Crippen molar-refractivity contribution in [3.8, 4) is 40.0 Å². The largest absolute Gasteiger partial charge is 0.492 e. The average molecular weight is 957 g/mol. The van der Waals surface area contributed by atoms with Gasteiger partial charge >= 0.3 is 6.18 Å². The molecule has 1 aliphatic rings. The number of carbonyl (C=O) groups excluding carboxylic acids is 5. The van der Waals surface area contributed by atoms with E-state index in [0.717, 1.165) is 10.5 Å². The lowest BCUT2D eigenvalue weighted by Crippen LogP contribution is -2.56. The number of rotatable bonds is 15. The molecule has 4 aromatic rings. The van der Waals surface area contributed by atoms with Crippen LogP contribution in [0.5, 0.6) is 11.5 Å². The Kier molecular flexibility index (Phi) is 17.5. The lowest BCUT2D eigenvalue weighted by atomic mass is 9.86. The van der Waals surface area contributed by atoms with Crippen molar-refractivity contribution in [1.29, 1.82) is 5.26 Å². The molecule has 0 spiro atoms. The second-order valence-corrected chi connectivity index (χ2v) is 17.5. The van der Waals surface area contributed by atoms with Crippen LogP contribution in [0.3, 0.4) is 0 Å².